The number of halogens is 2. The molecule has 2 aliphatic rings. The molecule has 0 amide bonds. The molecule has 132 valence electrons. The molecule has 2 aliphatic heterocycles. The van der Waals surface area contributed by atoms with E-state index in [4.69, 9.17) is 32.7 Å². The maximum Gasteiger partial charge on any atom is 0.139 e. The Morgan fingerprint density at radius 2 is 1.32 bits per heavy atom. The van der Waals surface area contributed by atoms with Crippen LogP contribution in [-0.4, -0.2) is 35.4 Å². The van der Waals surface area contributed by atoms with Gasteiger partial charge in [0.1, 0.15) is 12.5 Å². The Morgan fingerprint density at radius 3 is 1.72 bits per heavy atom. The van der Waals surface area contributed by atoms with Gasteiger partial charge in [-0.3, -0.25) is 0 Å². The van der Waals surface area contributed by atoms with Crippen LogP contribution in [0.4, 0.5) is 0 Å². The molecule has 25 heavy (non-hydrogen) atoms. The summed E-state index contributed by atoms with van der Waals surface area (Å²) in [7, 11) is 0. The highest BCUT2D eigenvalue weighted by atomic mass is 35.5. The lowest BCUT2D eigenvalue weighted by molar-refractivity contribution is -0.0623. The van der Waals surface area contributed by atoms with Crippen molar-refractivity contribution in [3.63, 3.8) is 0 Å². The van der Waals surface area contributed by atoms with Crippen LogP contribution in [0, 0.1) is 0 Å². The summed E-state index contributed by atoms with van der Waals surface area (Å²) < 4.78 is 12.3. The first-order valence-corrected chi connectivity index (χ1v) is 9.02. The summed E-state index contributed by atoms with van der Waals surface area (Å²) in [6, 6.07) is 15.3. The fourth-order valence-electron chi connectivity index (χ4n) is 3.69. The van der Waals surface area contributed by atoms with Crippen LogP contribution in [0.25, 0.3) is 0 Å². The highest BCUT2D eigenvalue weighted by molar-refractivity contribution is 6.30. The van der Waals surface area contributed by atoms with E-state index in [1.165, 1.54) is 0 Å². The Balaban J connectivity index is 1.72. The van der Waals surface area contributed by atoms with Crippen LogP contribution >= 0.6 is 23.2 Å². The second kappa shape index (κ2) is 6.88. The first-order valence-electron chi connectivity index (χ1n) is 8.26. The summed E-state index contributed by atoms with van der Waals surface area (Å²) in [6.07, 6.45) is 0.111. The van der Waals surface area contributed by atoms with E-state index in [0.717, 1.165) is 11.1 Å². The lowest BCUT2D eigenvalue weighted by Crippen LogP contribution is -2.45. The van der Waals surface area contributed by atoms with Gasteiger partial charge in [0, 0.05) is 16.7 Å². The second-order valence-corrected chi connectivity index (χ2v) is 7.41. The van der Waals surface area contributed by atoms with Gasteiger partial charge in [-0.1, -0.05) is 47.5 Å². The van der Waals surface area contributed by atoms with Crippen molar-refractivity contribution in [2.75, 3.05) is 19.8 Å². The molecule has 0 saturated carbocycles. The number of benzene rings is 2. The number of nitrogens with zero attached hydrogens (tertiary/aromatic N) is 1. The molecule has 0 aliphatic carbocycles. The zero-order valence-electron chi connectivity index (χ0n) is 13.6. The van der Waals surface area contributed by atoms with Gasteiger partial charge < -0.3 is 14.6 Å². The number of fused-ring (bicyclic) bond motifs is 1. The van der Waals surface area contributed by atoms with Crippen molar-refractivity contribution in [2.24, 2.45) is 0 Å². The maximum atomic E-state index is 9.58. The summed E-state index contributed by atoms with van der Waals surface area (Å²) in [4.78, 5) is 2.23. The quantitative estimate of drug-likeness (QED) is 0.865. The average Bonchev–Trinajstić information content (AvgIpc) is 3.14. The molecule has 1 N–H and O–H groups in total. The normalized spacial score (nSPS) is 29.1. The molecule has 0 radical (unpaired) electrons. The topological polar surface area (TPSA) is 41.9 Å². The van der Waals surface area contributed by atoms with Gasteiger partial charge in [-0.25, -0.2) is 4.90 Å². The lowest BCUT2D eigenvalue weighted by Gasteiger charge is -2.34. The molecule has 0 bridgehead atoms. The monoisotopic (exact) mass is 379 g/mol. The standard InChI is InChI=1S/C19H19Cl2NO3/c20-15-5-1-13(2-6-15)17-22-18(14-3-7-16(21)8-4-14)25-12-19(22,9-10-23)11-24-17/h1-8,17-18,23H,9-12H2/t17-,18?,19-/m0/s1. The zero-order chi connectivity index (χ0) is 17.4. The largest absolute Gasteiger partial charge is 0.396 e. The Morgan fingerprint density at radius 1 is 0.880 bits per heavy atom. The molecule has 0 aromatic heterocycles. The minimum Gasteiger partial charge on any atom is -0.396 e. The van der Waals surface area contributed by atoms with Gasteiger partial charge in [0.2, 0.25) is 0 Å². The van der Waals surface area contributed by atoms with E-state index in [1.54, 1.807) is 0 Å². The minimum atomic E-state index is -0.330. The van der Waals surface area contributed by atoms with Crippen molar-refractivity contribution in [3.8, 4) is 0 Å². The van der Waals surface area contributed by atoms with Gasteiger partial charge in [0.15, 0.2) is 0 Å². The van der Waals surface area contributed by atoms with Crippen molar-refractivity contribution in [1.82, 2.24) is 4.90 Å². The van der Waals surface area contributed by atoms with Crippen molar-refractivity contribution in [1.29, 1.82) is 0 Å². The van der Waals surface area contributed by atoms with Crippen molar-refractivity contribution in [2.45, 2.75) is 24.4 Å². The molecular weight excluding hydrogens is 361 g/mol. The number of rotatable bonds is 4. The first-order chi connectivity index (χ1) is 12.1. The van der Waals surface area contributed by atoms with E-state index >= 15 is 0 Å². The molecule has 4 nitrogen and oxygen atoms in total. The van der Waals surface area contributed by atoms with E-state index in [-0.39, 0.29) is 24.6 Å². The zero-order valence-corrected chi connectivity index (χ0v) is 15.1. The molecule has 2 heterocycles. The van der Waals surface area contributed by atoms with Crippen LogP contribution in [-0.2, 0) is 9.47 Å². The Bertz CT molecular complexity index is 678. The molecule has 2 fully saturated rings. The van der Waals surface area contributed by atoms with Crippen molar-refractivity contribution >= 4 is 23.2 Å². The van der Waals surface area contributed by atoms with Crippen LogP contribution in [0.1, 0.15) is 30.0 Å². The molecule has 2 saturated heterocycles. The van der Waals surface area contributed by atoms with Crippen molar-refractivity contribution < 1.29 is 14.6 Å². The third-order valence-corrected chi connectivity index (χ3v) is 5.46. The molecule has 4 rings (SSSR count). The molecule has 3 atom stereocenters. The average molecular weight is 380 g/mol. The van der Waals surface area contributed by atoms with Gasteiger partial charge in [0.25, 0.3) is 0 Å². The predicted molar refractivity (Wildman–Crippen MR) is 96.6 cm³/mol. The van der Waals surface area contributed by atoms with Crippen LogP contribution in [0.5, 0.6) is 0 Å². The van der Waals surface area contributed by atoms with E-state index in [9.17, 15) is 5.11 Å². The Kier molecular flexibility index (Phi) is 4.75. The molecule has 6 heteroatoms. The number of aliphatic hydroxyl groups excluding tert-OH is 1. The summed E-state index contributed by atoms with van der Waals surface area (Å²) in [5.74, 6) is 0. The summed E-state index contributed by atoms with van der Waals surface area (Å²) in [5, 5.41) is 11.0. The van der Waals surface area contributed by atoms with E-state index in [1.807, 2.05) is 48.5 Å². The fraction of sp³-hybridized carbons (Fsp3) is 0.368. The molecule has 0 spiro atoms. The Hall–Kier alpha value is -1.14. The SMILES string of the molecule is OCC[C@]12COC(c3ccc(Cl)cc3)N1[C@H](c1ccc(Cl)cc1)OC2. The van der Waals surface area contributed by atoms with Crippen molar-refractivity contribution in [3.05, 3.63) is 69.7 Å². The number of hydrogen-bond donors (Lipinski definition) is 1. The van der Waals surface area contributed by atoms with Crippen LogP contribution in [0.15, 0.2) is 48.5 Å². The third kappa shape index (κ3) is 3.08. The first kappa shape index (κ1) is 17.3. The molecule has 2 aromatic carbocycles. The number of aliphatic hydroxyl groups is 1. The molecular formula is C19H19Cl2NO3. The highest BCUT2D eigenvalue weighted by Gasteiger charge is 2.56. The summed E-state index contributed by atoms with van der Waals surface area (Å²) in [5.41, 5.74) is 1.71. The van der Waals surface area contributed by atoms with Crippen LogP contribution in [0.2, 0.25) is 10.0 Å². The predicted octanol–water partition coefficient (Wildman–Crippen LogP) is 4.17. The summed E-state index contributed by atoms with van der Waals surface area (Å²) in [6.45, 7) is 1.12. The van der Waals surface area contributed by atoms with Crippen LogP contribution in [0.3, 0.4) is 0 Å². The second-order valence-electron chi connectivity index (χ2n) is 6.54. The molecule has 2 aromatic rings. The highest BCUT2D eigenvalue weighted by Crippen LogP contribution is 2.50. The van der Waals surface area contributed by atoms with Gasteiger partial charge in [0.05, 0.1) is 18.8 Å². The minimum absolute atomic E-state index is 0.0872. The van der Waals surface area contributed by atoms with E-state index in [0.29, 0.717) is 29.7 Å². The van der Waals surface area contributed by atoms with Gasteiger partial charge in [-0.05, 0) is 41.8 Å². The van der Waals surface area contributed by atoms with E-state index in [2.05, 4.69) is 4.90 Å². The third-order valence-electron chi connectivity index (χ3n) is 4.96. The molecule has 1 unspecified atom stereocenters. The van der Waals surface area contributed by atoms with Gasteiger partial charge in [-0.15, -0.1) is 0 Å². The fourth-order valence-corrected chi connectivity index (χ4v) is 3.94. The van der Waals surface area contributed by atoms with Gasteiger partial charge >= 0.3 is 0 Å². The summed E-state index contributed by atoms with van der Waals surface area (Å²) >= 11 is 12.0. The van der Waals surface area contributed by atoms with Gasteiger partial charge in [-0.2, -0.15) is 0 Å². The van der Waals surface area contributed by atoms with Crippen LogP contribution < -0.4 is 0 Å². The Labute approximate surface area is 156 Å². The maximum absolute atomic E-state index is 9.58. The lowest BCUT2D eigenvalue weighted by atomic mass is 9.96. The number of ether oxygens (including phenoxy) is 2. The van der Waals surface area contributed by atoms with E-state index < -0.39 is 0 Å². The smallest absolute Gasteiger partial charge is 0.139 e. The number of hydrogen-bond acceptors (Lipinski definition) is 4.